The van der Waals surface area contributed by atoms with Crippen LogP contribution in [0.3, 0.4) is 0 Å². The molecule has 0 saturated heterocycles. The molecule has 2 rings (SSSR count). The van der Waals surface area contributed by atoms with Gasteiger partial charge in [-0.1, -0.05) is 39.0 Å². The second-order valence-electron chi connectivity index (χ2n) is 7.14. The third-order valence-corrected chi connectivity index (χ3v) is 5.93. The van der Waals surface area contributed by atoms with E-state index in [9.17, 15) is 13.2 Å². The number of hydrogen-bond acceptors (Lipinski definition) is 4. The minimum Gasteiger partial charge on any atom is -0.325 e. The lowest BCUT2D eigenvalue weighted by Gasteiger charge is -2.20. The summed E-state index contributed by atoms with van der Waals surface area (Å²) >= 11 is 1.46. The largest absolute Gasteiger partial charge is 0.325 e. The molecule has 0 saturated carbocycles. The summed E-state index contributed by atoms with van der Waals surface area (Å²) in [4.78, 5) is 13.3. The van der Waals surface area contributed by atoms with Gasteiger partial charge in [0.25, 0.3) is 0 Å². The molecule has 140 valence electrons. The molecule has 0 aliphatic heterocycles. The average Bonchev–Trinajstić information content (AvgIpc) is 2.52. The van der Waals surface area contributed by atoms with Crippen LogP contribution in [0.25, 0.3) is 0 Å². The Labute approximate surface area is 159 Å². The monoisotopic (exact) mass is 392 g/mol. The van der Waals surface area contributed by atoms with Crippen LogP contribution in [0.5, 0.6) is 0 Å². The van der Waals surface area contributed by atoms with Crippen LogP contribution in [0, 0.1) is 6.92 Å². The molecule has 0 aliphatic carbocycles. The van der Waals surface area contributed by atoms with Crippen molar-refractivity contribution < 1.29 is 13.2 Å². The van der Waals surface area contributed by atoms with Gasteiger partial charge in [-0.2, -0.15) is 0 Å². The maximum atomic E-state index is 12.2. The molecule has 0 radical (unpaired) electrons. The first-order valence-electron chi connectivity index (χ1n) is 8.13. The van der Waals surface area contributed by atoms with E-state index in [-0.39, 0.29) is 22.0 Å². The molecule has 3 N–H and O–H groups in total. The van der Waals surface area contributed by atoms with E-state index in [1.807, 2.05) is 6.92 Å². The van der Waals surface area contributed by atoms with Crippen molar-refractivity contribution in [2.75, 3.05) is 11.1 Å². The van der Waals surface area contributed by atoms with Crippen LogP contribution in [0.1, 0.15) is 31.9 Å². The Bertz CT molecular complexity index is 917. The molecule has 0 atom stereocenters. The van der Waals surface area contributed by atoms with Crippen LogP contribution >= 0.6 is 11.8 Å². The van der Waals surface area contributed by atoms with Crippen LogP contribution in [-0.4, -0.2) is 20.1 Å². The van der Waals surface area contributed by atoms with Crippen molar-refractivity contribution in [3.05, 3.63) is 53.6 Å². The number of carbonyl (C=O) groups excluding carboxylic acids is 1. The van der Waals surface area contributed by atoms with Crippen molar-refractivity contribution in [1.29, 1.82) is 0 Å². The zero-order valence-corrected chi connectivity index (χ0v) is 17.0. The molecule has 0 heterocycles. The highest BCUT2D eigenvalue weighted by Crippen LogP contribution is 2.29. The minimum absolute atomic E-state index is 0.0309. The summed E-state index contributed by atoms with van der Waals surface area (Å²) in [7, 11) is -3.80. The lowest BCUT2D eigenvalue weighted by Crippen LogP contribution is -2.16. The molecular weight excluding hydrogens is 368 g/mol. The van der Waals surface area contributed by atoms with Gasteiger partial charge in [-0.15, -0.1) is 11.8 Å². The number of carbonyl (C=O) groups is 1. The predicted octanol–water partition coefficient (Wildman–Crippen LogP) is 3.67. The van der Waals surface area contributed by atoms with Crippen molar-refractivity contribution in [3.8, 4) is 0 Å². The Kier molecular flexibility index (Phi) is 6.16. The molecule has 0 aromatic heterocycles. The van der Waals surface area contributed by atoms with E-state index in [1.165, 1.54) is 29.5 Å². The van der Waals surface area contributed by atoms with Gasteiger partial charge in [-0.3, -0.25) is 4.79 Å². The van der Waals surface area contributed by atoms with Crippen molar-refractivity contribution >= 4 is 33.4 Å². The summed E-state index contributed by atoms with van der Waals surface area (Å²) < 4.78 is 22.8. The number of primary sulfonamides is 1. The third-order valence-electron chi connectivity index (χ3n) is 3.86. The normalized spacial score (nSPS) is 12.0. The van der Waals surface area contributed by atoms with E-state index in [4.69, 9.17) is 5.14 Å². The lowest BCUT2D eigenvalue weighted by molar-refractivity contribution is -0.113. The van der Waals surface area contributed by atoms with Crippen molar-refractivity contribution in [1.82, 2.24) is 0 Å². The van der Waals surface area contributed by atoms with Gasteiger partial charge in [0.15, 0.2) is 0 Å². The van der Waals surface area contributed by atoms with Gasteiger partial charge in [-0.25, -0.2) is 13.6 Å². The van der Waals surface area contributed by atoms with E-state index in [0.717, 1.165) is 10.5 Å². The number of thioether (sulfide) groups is 1. The molecule has 2 aromatic rings. The molecule has 1 amide bonds. The molecular formula is C19H24N2O3S2. The third kappa shape index (κ3) is 5.59. The number of anilines is 1. The Morgan fingerprint density at radius 1 is 1.15 bits per heavy atom. The summed E-state index contributed by atoms with van der Waals surface area (Å²) in [6, 6.07) is 12.2. The molecule has 26 heavy (non-hydrogen) atoms. The molecule has 0 bridgehead atoms. The first-order valence-corrected chi connectivity index (χ1v) is 10.7. The van der Waals surface area contributed by atoms with E-state index < -0.39 is 10.0 Å². The van der Waals surface area contributed by atoms with E-state index in [0.29, 0.717) is 5.69 Å². The van der Waals surface area contributed by atoms with E-state index in [1.54, 1.807) is 12.1 Å². The first kappa shape index (κ1) is 20.5. The predicted molar refractivity (Wildman–Crippen MR) is 107 cm³/mol. The number of rotatable bonds is 5. The number of benzene rings is 2. The molecule has 5 nitrogen and oxygen atoms in total. The van der Waals surface area contributed by atoms with Crippen LogP contribution in [0.4, 0.5) is 5.69 Å². The second kappa shape index (κ2) is 7.82. The highest BCUT2D eigenvalue weighted by molar-refractivity contribution is 8.00. The quantitative estimate of drug-likeness (QED) is 0.760. The van der Waals surface area contributed by atoms with Gasteiger partial charge in [0.2, 0.25) is 15.9 Å². The van der Waals surface area contributed by atoms with Gasteiger partial charge < -0.3 is 5.32 Å². The van der Waals surface area contributed by atoms with Gasteiger partial charge in [-0.05, 0) is 47.7 Å². The van der Waals surface area contributed by atoms with Gasteiger partial charge in [0.1, 0.15) is 0 Å². The van der Waals surface area contributed by atoms with Crippen LogP contribution in [-0.2, 0) is 20.2 Å². The number of nitrogens with one attached hydrogen (secondary N) is 1. The SMILES string of the molecule is Cc1ccc(C(C)(C)C)cc1SCC(=O)Nc1cccc(S(N)(=O)=O)c1. The Morgan fingerprint density at radius 2 is 1.85 bits per heavy atom. The second-order valence-corrected chi connectivity index (χ2v) is 9.72. The fraction of sp³-hybridized carbons (Fsp3) is 0.316. The highest BCUT2D eigenvalue weighted by atomic mass is 32.2. The molecule has 0 unspecified atom stereocenters. The summed E-state index contributed by atoms with van der Waals surface area (Å²) in [5.41, 5.74) is 2.78. The highest BCUT2D eigenvalue weighted by Gasteiger charge is 2.15. The number of aryl methyl sites for hydroxylation is 1. The molecule has 0 fully saturated rings. The van der Waals surface area contributed by atoms with Crippen molar-refractivity contribution in [3.63, 3.8) is 0 Å². The number of sulfonamides is 1. The van der Waals surface area contributed by atoms with Crippen LogP contribution in [0.2, 0.25) is 0 Å². The fourth-order valence-electron chi connectivity index (χ4n) is 2.31. The summed E-state index contributed by atoms with van der Waals surface area (Å²) in [5, 5.41) is 7.82. The number of nitrogens with two attached hydrogens (primary N) is 1. The zero-order valence-electron chi connectivity index (χ0n) is 15.4. The van der Waals surface area contributed by atoms with Crippen molar-refractivity contribution in [2.24, 2.45) is 5.14 Å². The van der Waals surface area contributed by atoms with Crippen molar-refractivity contribution in [2.45, 2.75) is 42.9 Å². The first-order chi connectivity index (χ1) is 12.0. The van der Waals surface area contributed by atoms with Crippen LogP contribution < -0.4 is 10.5 Å². The van der Waals surface area contributed by atoms with Gasteiger partial charge in [0.05, 0.1) is 10.6 Å². The Hall–Kier alpha value is -1.83. The molecule has 0 aliphatic rings. The topological polar surface area (TPSA) is 89.3 Å². The molecule has 2 aromatic carbocycles. The van der Waals surface area contributed by atoms with Gasteiger partial charge >= 0.3 is 0 Å². The smallest absolute Gasteiger partial charge is 0.238 e. The summed E-state index contributed by atoms with van der Waals surface area (Å²) in [6.07, 6.45) is 0. The maximum absolute atomic E-state index is 12.2. The van der Waals surface area contributed by atoms with E-state index >= 15 is 0 Å². The zero-order chi connectivity index (χ0) is 19.5. The summed E-state index contributed by atoms with van der Waals surface area (Å²) in [6.45, 7) is 8.47. The van der Waals surface area contributed by atoms with E-state index in [2.05, 4.69) is 44.3 Å². The molecule has 7 heteroatoms. The van der Waals surface area contributed by atoms with Crippen LogP contribution in [0.15, 0.2) is 52.3 Å². The van der Waals surface area contributed by atoms with Gasteiger partial charge in [0, 0.05) is 10.6 Å². The maximum Gasteiger partial charge on any atom is 0.238 e. The Balaban J connectivity index is 2.06. The average molecular weight is 393 g/mol. The number of amides is 1. The Morgan fingerprint density at radius 3 is 2.46 bits per heavy atom. The fourth-order valence-corrected chi connectivity index (χ4v) is 3.74. The number of hydrogen-bond donors (Lipinski definition) is 2. The lowest BCUT2D eigenvalue weighted by atomic mass is 9.87. The minimum atomic E-state index is -3.80. The molecule has 0 spiro atoms. The summed E-state index contributed by atoms with van der Waals surface area (Å²) in [5.74, 6) is 0.0238. The standard InChI is InChI=1S/C19H24N2O3S2/c1-13-8-9-14(19(2,3)4)10-17(13)25-12-18(22)21-15-6-5-7-16(11-15)26(20,23)24/h5-11H,12H2,1-4H3,(H,21,22)(H2,20,23,24).